The summed E-state index contributed by atoms with van der Waals surface area (Å²) in [6.07, 6.45) is 0. The van der Waals surface area contributed by atoms with Gasteiger partial charge < -0.3 is 0 Å². The molecule has 0 radical (unpaired) electrons. The molecule has 2 nitrogen and oxygen atoms in total. The molecule has 0 saturated heterocycles. The molecule has 0 heterocycles. The van der Waals surface area contributed by atoms with E-state index in [4.69, 9.17) is 0 Å². The van der Waals surface area contributed by atoms with Crippen molar-refractivity contribution in [3.8, 4) is 0 Å². The first-order chi connectivity index (χ1) is 8.70. The summed E-state index contributed by atoms with van der Waals surface area (Å²) in [5.74, 6) is -0.152. The van der Waals surface area contributed by atoms with Gasteiger partial charge >= 0.3 is 0 Å². The quantitative estimate of drug-likeness (QED) is 0.697. The van der Waals surface area contributed by atoms with Crippen molar-refractivity contribution >= 4 is 27.5 Å². The Labute approximate surface area is 113 Å². The lowest BCUT2D eigenvalue weighted by Gasteiger charge is -2.08. The van der Waals surface area contributed by atoms with Crippen molar-refractivity contribution < 1.29 is 9.59 Å². The van der Waals surface area contributed by atoms with Crippen molar-refractivity contribution in [3.05, 3.63) is 70.8 Å². The van der Waals surface area contributed by atoms with E-state index >= 15 is 0 Å². The zero-order valence-corrected chi connectivity index (χ0v) is 11.0. The van der Waals surface area contributed by atoms with E-state index in [9.17, 15) is 9.59 Å². The highest BCUT2D eigenvalue weighted by molar-refractivity contribution is 9.09. The van der Waals surface area contributed by atoms with E-state index in [0.29, 0.717) is 16.7 Å². The number of ketones is 2. The predicted molar refractivity (Wildman–Crippen MR) is 72.3 cm³/mol. The number of alkyl halides is 1. The Balaban J connectivity index is 2.35. The third-order valence-corrected chi connectivity index (χ3v) is 4.05. The molecule has 3 heteroatoms. The van der Waals surface area contributed by atoms with Crippen LogP contribution in [0.1, 0.15) is 36.7 Å². The monoisotopic (exact) mass is 300 g/mol. The number of fused-ring (bicyclic) bond motifs is 2. The number of carbonyl (C=O) groups is 2. The van der Waals surface area contributed by atoms with Crippen LogP contribution in [0, 0.1) is 0 Å². The first-order valence-electron chi connectivity index (χ1n) is 5.61. The molecule has 0 N–H and O–H groups in total. The number of halogens is 1. The van der Waals surface area contributed by atoms with Crippen LogP contribution in [0.25, 0.3) is 0 Å². The second kappa shape index (κ2) is 4.18. The Bertz CT molecular complexity index is 661. The molecule has 0 aromatic heterocycles. The van der Waals surface area contributed by atoms with Gasteiger partial charge in [-0.1, -0.05) is 64.5 Å². The Kier molecular flexibility index (Phi) is 2.63. The lowest BCUT2D eigenvalue weighted by Crippen LogP contribution is -2.07. The topological polar surface area (TPSA) is 34.1 Å². The van der Waals surface area contributed by atoms with Crippen molar-refractivity contribution in [1.82, 2.24) is 0 Å². The fraction of sp³-hybridized carbons (Fsp3) is 0.0667. The van der Waals surface area contributed by atoms with E-state index in [0.717, 1.165) is 5.56 Å². The van der Waals surface area contributed by atoms with Crippen LogP contribution in [0.4, 0.5) is 0 Å². The summed E-state index contributed by atoms with van der Waals surface area (Å²) < 4.78 is 0. The van der Waals surface area contributed by atoms with Crippen molar-refractivity contribution in [2.75, 3.05) is 0 Å². The molecule has 0 aliphatic heterocycles. The van der Waals surface area contributed by atoms with E-state index < -0.39 is 4.83 Å². The average Bonchev–Trinajstić information content (AvgIpc) is 2.51. The third-order valence-electron chi connectivity index (χ3n) is 3.15. The number of benzene rings is 2. The average molecular weight is 301 g/mol. The molecule has 0 bridgehead atoms. The largest absolute Gasteiger partial charge is 0.293 e. The first-order valence-corrected chi connectivity index (χ1v) is 6.52. The van der Waals surface area contributed by atoms with Crippen molar-refractivity contribution in [3.63, 3.8) is 0 Å². The van der Waals surface area contributed by atoms with Crippen LogP contribution in [-0.2, 0) is 0 Å². The minimum Gasteiger partial charge on any atom is -0.293 e. The predicted octanol–water partition coefficient (Wildman–Crippen LogP) is 3.55. The highest BCUT2D eigenvalue weighted by Gasteiger charge is 2.31. The molecular formula is C15H9BrO2. The molecule has 3 rings (SSSR count). The van der Waals surface area contributed by atoms with Gasteiger partial charge in [0.25, 0.3) is 0 Å². The molecule has 1 unspecified atom stereocenters. The summed E-state index contributed by atoms with van der Waals surface area (Å²) in [6.45, 7) is 0. The fourth-order valence-corrected chi connectivity index (χ4v) is 2.89. The van der Waals surface area contributed by atoms with Crippen LogP contribution in [-0.4, -0.2) is 11.6 Å². The summed E-state index contributed by atoms with van der Waals surface area (Å²) in [7, 11) is 0. The van der Waals surface area contributed by atoms with Gasteiger partial charge in [0.1, 0.15) is 4.83 Å². The van der Waals surface area contributed by atoms with Gasteiger partial charge in [-0.2, -0.15) is 0 Å². The van der Waals surface area contributed by atoms with Gasteiger partial charge in [0.05, 0.1) is 0 Å². The lowest BCUT2D eigenvalue weighted by molar-refractivity contribution is 0.0984. The number of hydrogen-bond acceptors (Lipinski definition) is 2. The summed E-state index contributed by atoms with van der Waals surface area (Å²) >= 11 is 3.40. The van der Waals surface area contributed by atoms with Crippen LogP contribution in [0.3, 0.4) is 0 Å². The van der Waals surface area contributed by atoms with E-state index in [1.165, 1.54) is 0 Å². The Hall–Kier alpha value is -1.74. The molecule has 0 saturated carbocycles. The van der Waals surface area contributed by atoms with Gasteiger partial charge in [-0.3, -0.25) is 9.59 Å². The first kappa shape index (κ1) is 11.4. The summed E-state index contributed by atoms with van der Waals surface area (Å²) in [6, 6.07) is 14.2. The minimum absolute atomic E-state index is 0.0658. The van der Waals surface area contributed by atoms with E-state index in [2.05, 4.69) is 15.9 Å². The second-order valence-corrected chi connectivity index (χ2v) is 5.10. The highest BCUT2D eigenvalue weighted by Crippen LogP contribution is 2.35. The van der Waals surface area contributed by atoms with Crippen LogP contribution >= 0.6 is 15.9 Å². The lowest BCUT2D eigenvalue weighted by atomic mass is 9.99. The smallest absolute Gasteiger partial charge is 0.194 e. The number of rotatable bonds is 0. The summed E-state index contributed by atoms with van der Waals surface area (Å²) in [5, 5.41) is 0. The standard InChI is InChI=1S/C15H9BrO2/c16-13-9-5-1-2-6-10(9)14(17)11-7-3-4-8-12(11)15(13)18/h1-8,13H. The fourth-order valence-electron chi connectivity index (χ4n) is 2.24. The molecule has 18 heavy (non-hydrogen) atoms. The van der Waals surface area contributed by atoms with Gasteiger partial charge in [0.2, 0.25) is 0 Å². The molecule has 88 valence electrons. The molecule has 2 aromatic rings. The maximum absolute atomic E-state index is 12.4. The maximum Gasteiger partial charge on any atom is 0.194 e. The van der Waals surface area contributed by atoms with Gasteiger partial charge in [-0.15, -0.1) is 0 Å². The molecule has 1 atom stereocenters. The third kappa shape index (κ3) is 1.55. The van der Waals surface area contributed by atoms with Crippen molar-refractivity contribution in [1.29, 1.82) is 0 Å². The molecule has 1 aliphatic carbocycles. The molecule has 0 amide bonds. The van der Waals surface area contributed by atoms with Crippen LogP contribution in [0.5, 0.6) is 0 Å². The Morgan fingerprint density at radius 3 is 2.06 bits per heavy atom. The minimum atomic E-state index is -0.457. The number of hydrogen-bond donors (Lipinski definition) is 0. The molecule has 1 aliphatic rings. The number of Topliss-reactive ketones (excluding diaryl/α,β-unsaturated/α-hetero) is 1. The Morgan fingerprint density at radius 2 is 1.33 bits per heavy atom. The Morgan fingerprint density at radius 1 is 0.778 bits per heavy atom. The summed E-state index contributed by atoms with van der Waals surface area (Å²) in [4.78, 5) is 24.3. The summed E-state index contributed by atoms with van der Waals surface area (Å²) in [5.41, 5.74) is 2.30. The maximum atomic E-state index is 12.4. The zero-order valence-electron chi connectivity index (χ0n) is 9.39. The van der Waals surface area contributed by atoms with Crippen molar-refractivity contribution in [2.24, 2.45) is 0 Å². The SMILES string of the molecule is O=C1c2ccccc2C(=O)C(Br)c2ccccc21. The van der Waals surface area contributed by atoms with Gasteiger partial charge in [0.15, 0.2) is 11.6 Å². The zero-order chi connectivity index (χ0) is 12.7. The molecule has 0 fully saturated rings. The van der Waals surface area contributed by atoms with Gasteiger partial charge in [-0.25, -0.2) is 0 Å². The van der Waals surface area contributed by atoms with Crippen LogP contribution in [0.15, 0.2) is 48.5 Å². The molecule has 2 aromatic carbocycles. The van der Waals surface area contributed by atoms with E-state index in [1.54, 1.807) is 30.3 Å². The number of carbonyl (C=O) groups excluding carboxylic acids is 2. The van der Waals surface area contributed by atoms with Crippen molar-refractivity contribution in [2.45, 2.75) is 4.83 Å². The molecular weight excluding hydrogens is 292 g/mol. The van der Waals surface area contributed by atoms with Gasteiger partial charge in [0, 0.05) is 16.7 Å². The van der Waals surface area contributed by atoms with Crippen LogP contribution < -0.4 is 0 Å². The second-order valence-electron chi connectivity index (χ2n) is 4.19. The van der Waals surface area contributed by atoms with E-state index in [-0.39, 0.29) is 11.6 Å². The van der Waals surface area contributed by atoms with Gasteiger partial charge in [-0.05, 0) is 5.56 Å². The van der Waals surface area contributed by atoms with Crippen LogP contribution in [0.2, 0.25) is 0 Å². The highest BCUT2D eigenvalue weighted by atomic mass is 79.9. The van der Waals surface area contributed by atoms with E-state index in [1.807, 2.05) is 18.2 Å². The molecule has 0 spiro atoms. The normalized spacial score (nSPS) is 17.9.